The second kappa shape index (κ2) is 3.73. The van der Waals surface area contributed by atoms with Crippen molar-refractivity contribution in [2.24, 2.45) is 4.99 Å². The predicted octanol–water partition coefficient (Wildman–Crippen LogP) is 2.13. The van der Waals surface area contributed by atoms with E-state index < -0.39 is 0 Å². The molecule has 0 atom stereocenters. The Kier molecular flexibility index (Phi) is 2.21. The van der Waals surface area contributed by atoms with Crippen LogP contribution in [0, 0.1) is 0 Å². The van der Waals surface area contributed by atoms with Crippen LogP contribution in [-0.2, 0) is 11.3 Å². The topological polar surface area (TPSA) is 41.9 Å². The number of allylic oxidation sites excluding steroid dienone is 1. The van der Waals surface area contributed by atoms with Crippen molar-refractivity contribution in [1.29, 1.82) is 0 Å². The first-order chi connectivity index (χ1) is 8.29. The SMILES string of the molecule is C=CC1=NCc2ccc(N3CCOC3=O)cc21. The molecule has 1 aromatic rings. The van der Waals surface area contributed by atoms with Crippen molar-refractivity contribution in [3.05, 3.63) is 42.0 Å². The fourth-order valence-electron chi connectivity index (χ4n) is 2.17. The fraction of sp³-hybridized carbons (Fsp3) is 0.231. The number of aliphatic imine (C=N–C) groups is 1. The highest BCUT2D eigenvalue weighted by molar-refractivity contribution is 6.11. The van der Waals surface area contributed by atoms with Crippen molar-refractivity contribution in [2.45, 2.75) is 6.54 Å². The van der Waals surface area contributed by atoms with E-state index >= 15 is 0 Å². The Balaban J connectivity index is 2.01. The number of fused-ring (bicyclic) bond motifs is 1. The van der Waals surface area contributed by atoms with Crippen LogP contribution in [0.15, 0.2) is 35.8 Å². The molecule has 0 aromatic heterocycles. The first kappa shape index (κ1) is 10.1. The van der Waals surface area contributed by atoms with E-state index in [1.54, 1.807) is 11.0 Å². The number of carbonyl (C=O) groups excluding carboxylic acids is 1. The quantitative estimate of drug-likeness (QED) is 0.778. The lowest BCUT2D eigenvalue weighted by atomic mass is 10.0. The number of anilines is 1. The third-order valence-corrected chi connectivity index (χ3v) is 3.05. The lowest BCUT2D eigenvalue weighted by Gasteiger charge is -2.14. The summed E-state index contributed by atoms with van der Waals surface area (Å²) in [4.78, 5) is 17.5. The van der Waals surface area contributed by atoms with Crippen molar-refractivity contribution in [3.8, 4) is 0 Å². The van der Waals surface area contributed by atoms with Gasteiger partial charge in [-0.1, -0.05) is 12.6 Å². The van der Waals surface area contributed by atoms with Crippen LogP contribution in [0.25, 0.3) is 0 Å². The summed E-state index contributed by atoms with van der Waals surface area (Å²) in [6, 6.07) is 5.93. The van der Waals surface area contributed by atoms with Gasteiger partial charge in [-0.25, -0.2) is 4.79 Å². The van der Waals surface area contributed by atoms with Crippen molar-refractivity contribution >= 4 is 17.5 Å². The standard InChI is InChI=1S/C13H12N2O2/c1-2-12-11-7-10(4-3-9(11)8-14-12)15-5-6-17-13(15)16/h2-4,7H,1,5-6,8H2. The molecular weight excluding hydrogens is 216 g/mol. The van der Waals surface area contributed by atoms with E-state index in [2.05, 4.69) is 11.6 Å². The molecule has 1 saturated heterocycles. The van der Waals surface area contributed by atoms with Crippen molar-refractivity contribution < 1.29 is 9.53 Å². The maximum atomic E-state index is 11.5. The van der Waals surface area contributed by atoms with E-state index in [-0.39, 0.29) is 6.09 Å². The smallest absolute Gasteiger partial charge is 0.414 e. The Morgan fingerprint density at radius 1 is 1.47 bits per heavy atom. The summed E-state index contributed by atoms with van der Waals surface area (Å²) in [5.41, 5.74) is 4.01. The number of hydrogen-bond acceptors (Lipinski definition) is 3. The van der Waals surface area contributed by atoms with Crippen LogP contribution in [0.3, 0.4) is 0 Å². The Hall–Kier alpha value is -2.10. The molecule has 0 aliphatic carbocycles. The van der Waals surface area contributed by atoms with Crippen LogP contribution >= 0.6 is 0 Å². The number of amides is 1. The zero-order chi connectivity index (χ0) is 11.8. The minimum Gasteiger partial charge on any atom is -0.447 e. The molecule has 3 rings (SSSR count). The van der Waals surface area contributed by atoms with Gasteiger partial charge in [0, 0.05) is 11.3 Å². The molecule has 0 radical (unpaired) electrons. The van der Waals surface area contributed by atoms with E-state index in [1.807, 2.05) is 18.2 Å². The second-order valence-electron chi connectivity index (χ2n) is 4.01. The summed E-state index contributed by atoms with van der Waals surface area (Å²) in [5, 5.41) is 0. The van der Waals surface area contributed by atoms with E-state index in [1.165, 1.54) is 5.56 Å². The zero-order valence-electron chi connectivity index (χ0n) is 9.35. The lowest BCUT2D eigenvalue weighted by Crippen LogP contribution is -2.23. The molecule has 0 spiro atoms. The largest absolute Gasteiger partial charge is 0.447 e. The zero-order valence-corrected chi connectivity index (χ0v) is 9.35. The molecular formula is C13H12N2O2. The monoisotopic (exact) mass is 228 g/mol. The van der Waals surface area contributed by atoms with Gasteiger partial charge in [0.25, 0.3) is 0 Å². The van der Waals surface area contributed by atoms with Gasteiger partial charge in [0.05, 0.1) is 18.8 Å². The van der Waals surface area contributed by atoms with Crippen molar-refractivity contribution in [3.63, 3.8) is 0 Å². The molecule has 86 valence electrons. The van der Waals surface area contributed by atoms with Gasteiger partial charge in [-0.05, 0) is 23.8 Å². The van der Waals surface area contributed by atoms with Gasteiger partial charge in [0.1, 0.15) is 6.61 Å². The van der Waals surface area contributed by atoms with Gasteiger partial charge in [0.2, 0.25) is 0 Å². The van der Waals surface area contributed by atoms with Gasteiger partial charge in [0.15, 0.2) is 0 Å². The highest BCUT2D eigenvalue weighted by Crippen LogP contribution is 2.26. The molecule has 17 heavy (non-hydrogen) atoms. The van der Waals surface area contributed by atoms with Gasteiger partial charge in [-0.15, -0.1) is 0 Å². The highest BCUT2D eigenvalue weighted by atomic mass is 16.6. The minimum absolute atomic E-state index is 0.278. The summed E-state index contributed by atoms with van der Waals surface area (Å²) in [7, 11) is 0. The Labute approximate surface area is 99.2 Å². The number of nitrogens with zero attached hydrogens (tertiary/aromatic N) is 2. The van der Waals surface area contributed by atoms with Crippen LogP contribution in [-0.4, -0.2) is 25.0 Å². The summed E-state index contributed by atoms with van der Waals surface area (Å²) in [5.74, 6) is 0. The number of cyclic esters (lactones) is 1. The first-order valence-corrected chi connectivity index (χ1v) is 5.54. The summed E-state index contributed by atoms with van der Waals surface area (Å²) in [6.07, 6.45) is 1.47. The lowest BCUT2D eigenvalue weighted by molar-refractivity contribution is 0.181. The average Bonchev–Trinajstić information content (AvgIpc) is 2.93. The number of carbonyl (C=O) groups is 1. The predicted molar refractivity (Wildman–Crippen MR) is 65.6 cm³/mol. The van der Waals surface area contributed by atoms with E-state index in [0.29, 0.717) is 19.7 Å². The number of hydrogen-bond donors (Lipinski definition) is 0. The van der Waals surface area contributed by atoms with Crippen molar-refractivity contribution in [2.75, 3.05) is 18.1 Å². The van der Waals surface area contributed by atoms with Gasteiger partial charge in [-0.3, -0.25) is 9.89 Å². The molecule has 1 fully saturated rings. The molecule has 2 heterocycles. The normalized spacial score (nSPS) is 17.8. The number of ether oxygens (including phenoxy) is 1. The van der Waals surface area contributed by atoms with Crippen molar-refractivity contribution in [1.82, 2.24) is 0 Å². The summed E-state index contributed by atoms with van der Waals surface area (Å²) in [6.45, 7) is 5.51. The molecule has 0 N–H and O–H groups in total. The third kappa shape index (κ3) is 1.53. The molecule has 2 aliphatic heterocycles. The maximum Gasteiger partial charge on any atom is 0.414 e. The van der Waals surface area contributed by atoms with E-state index in [0.717, 1.165) is 17.0 Å². The molecule has 4 nitrogen and oxygen atoms in total. The molecule has 1 amide bonds. The molecule has 1 aromatic carbocycles. The van der Waals surface area contributed by atoms with Crippen LogP contribution < -0.4 is 4.90 Å². The second-order valence-corrected chi connectivity index (χ2v) is 4.01. The number of rotatable bonds is 2. The van der Waals surface area contributed by atoms with E-state index in [9.17, 15) is 4.79 Å². The Morgan fingerprint density at radius 2 is 2.35 bits per heavy atom. The van der Waals surface area contributed by atoms with Gasteiger partial charge >= 0.3 is 6.09 Å². The average molecular weight is 228 g/mol. The summed E-state index contributed by atoms with van der Waals surface area (Å²) >= 11 is 0. The maximum absolute atomic E-state index is 11.5. The molecule has 0 bridgehead atoms. The van der Waals surface area contributed by atoms with Gasteiger partial charge in [-0.2, -0.15) is 0 Å². The van der Waals surface area contributed by atoms with Crippen LogP contribution in [0.5, 0.6) is 0 Å². The third-order valence-electron chi connectivity index (χ3n) is 3.05. The minimum atomic E-state index is -0.278. The van der Waals surface area contributed by atoms with Crippen LogP contribution in [0.1, 0.15) is 11.1 Å². The van der Waals surface area contributed by atoms with Crippen LogP contribution in [0.4, 0.5) is 10.5 Å². The molecule has 0 saturated carbocycles. The highest BCUT2D eigenvalue weighted by Gasteiger charge is 2.25. The Bertz CT molecular complexity index is 534. The summed E-state index contributed by atoms with van der Waals surface area (Å²) < 4.78 is 4.93. The van der Waals surface area contributed by atoms with E-state index in [4.69, 9.17) is 4.74 Å². The fourth-order valence-corrected chi connectivity index (χ4v) is 2.17. The molecule has 2 aliphatic rings. The Morgan fingerprint density at radius 3 is 3.06 bits per heavy atom. The molecule has 4 heteroatoms. The van der Waals surface area contributed by atoms with Crippen LogP contribution in [0.2, 0.25) is 0 Å². The molecule has 0 unspecified atom stereocenters. The first-order valence-electron chi connectivity index (χ1n) is 5.54. The number of benzene rings is 1. The van der Waals surface area contributed by atoms with Gasteiger partial charge < -0.3 is 4.74 Å².